The second kappa shape index (κ2) is 7.27. The standard InChI is InChI=1S/C17H16N4O2S/c1-12-3-7-14(8-4-12)21-17(18-19-20-21)24-11-16(22)13-5-9-15(23-2)10-6-13/h3-10H,11H2,1-2H3. The third kappa shape index (κ3) is 3.62. The van der Waals surface area contributed by atoms with Crippen LogP contribution in [0.25, 0.3) is 5.69 Å². The molecule has 0 saturated carbocycles. The van der Waals surface area contributed by atoms with Crippen LogP contribution in [-0.4, -0.2) is 38.9 Å². The lowest BCUT2D eigenvalue weighted by Gasteiger charge is -2.05. The minimum atomic E-state index is 0.0149. The first-order valence-electron chi connectivity index (χ1n) is 7.33. The molecule has 0 radical (unpaired) electrons. The molecule has 6 nitrogen and oxygen atoms in total. The fourth-order valence-corrected chi connectivity index (χ4v) is 2.89. The molecule has 0 fully saturated rings. The number of rotatable bonds is 6. The second-order valence-corrected chi connectivity index (χ2v) is 6.09. The molecule has 0 aliphatic carbocycles. The van der Waals surface area contributed by atoms with E-state index >= 15 is 0 Å². The number of tetrazole rings is 1. The summed E-state index contributed by atoms with van der Waals surface area (Å²) in [6.45, 7) is 2.02. The first-order valence-corrected chi connectivity index (χ1v) is 8.31. The van der Waals surface area contributed by atoms with Crippen LogP contribution < -0.4 is 4.74 Å². The van der Waals surface area contributed by atoms with Crippen LogP contribution in [0.3, 0.4) is 0 Å². The molecule has 0 N–H and O–H groups in total. The molecule has 2 aromatic carbocycles. The van der Waals surface area contributed by atoms with Gasteiger partial charge in [-0.1, -0.05) is 29.5 Å². The quantitative estimate of drug-likeness (QED) is 0.507. The van der Waals surface area contributed by atoms with Crippen molar-refractivity contribution in [2.75, 3.05) is 12.9 Å². The minimum absolute atomic E-state index is 0.0149. The molecule has 3 aromatic rings. The largest absolute Gasteiger partial charge is 0.497 e. The molecule has 0 atom stereocenters. The van der Waals surface area contributed by atoms with E-state index in [0.717, 1.165) is 17.0 Å². The average Bonchev–Trinajstić information content (AvgIpc) is 3.09. The van der Waals surface area contributed by atoms with Crippen molar-refractivity contribution >= 4 is 17.5 Å². The average molecular weight is 340 g/mol. The molecule has 3 rings (SSSR count). The molecule has 1 heterocycles. The molecule has 0 amide bonds. The first-order chi connectivity index (χ1) is 11.7. The van der Waals surface area contributed by atoms with E-state index in [0.29, 0.717) is 10.7 Å². The van der Waals surface area contributed by atoms with Crippen molar-refractivity contribution in [1.29, 1.82) is 0 Å². The maximum atomic E-state index is 12.3. The number of ether oxygens (including phenoxy) is 1. The molecule has 0 unspecified atom stereocenters. The fraction of sp³-hybridized carbons (Fsp3) is 0.176. The number of aromatic nitrogens is 4. The SMILES string of the molecule is COc1ccc(C(=O)CSc2nnnn2-c2ccc(C)cc2)cc1. The van der Waals surface area contributed by atoms with Gasteiger partial charge in [0.2, 0.25) is 5.16 Å². The van der Waals surface area contributed by atoms with E-state index < -0.39 is 0 Å². The second-order valence-electron chi connectivity index (χ2n) is 5.15. The summed E-state index contributed by atoms with van der Waals surface area (Å²) in [5.74, 6) is 1.00. The summed E-state index contributed by atoms with van der Waals surface area (Å²) < 4.78 is 6.72. The summed E-state index contributed by atoms with van der Waals surface area (Å²) in [5.41, 5.74) is 2.67. The van der Waals surface area contributed by atoms with Gasteiger partial charge in [-0.3, -0.25) is 4.79 Å². The highest BCUT2D eigenvalue weighted by Gasteiger charge is 2.13. The number of carbonyl (C=O) groups is 1. The van der Waals surface area contributed by atoms with Gasteiger partial charge in [0.1, 0.15) is 5.75 Å². The van der Waals surface area contributed by atoms with Crippen LogP contribution >= 0.6 is 11.8 Å². The molecule has 0 spiro atoms. The fourth-order valence-electron chi connectivity index (χ4n) is 2.11. The van der Waals surface area contributed by atoms with Crippen molar-refractivity contribution in [3.63, 3.8) is 0 Å². The monoisotopic (exact) mass is 340 g/mol. The Bertz CT molecular complexity index is 829. The van der Waals surface area contributed by atoms with Gasteiger partial charge in [-0.25, -0.2) is 0 Å². The molecular formula is C17H16N4O2S. The zero-order valence-corrected chi connectivity index (χ0v) is 14.2. The van der Waals surface area contributed by atoms with Gasteiger partial charge < -0.3 is 4.74 Å². The van der Waals surface area contributed by atoms with Crippen molar-refractivity contribution in [2.45, 2.75) is 12.1 Å². The van der Waals surface area contributed by atoms with Crippen molar-refractivity contribution in [3.05, 3.63) is 59.7 Å². The number of hydrogen-bond acceptors (Lipinski definition) is 6. The number of benzene rings is 2. The number of Topliss-reactive ketones (excluding diaryl/α,β-unsaturated/α-hetero) is 1. The molecule has 7 heteroatoms. The molecule has 0 aliphatic rings. The predicted octanol–water partition coefficient (Wildman–Crippen LogP) is 2.95. The Morgan fingerprint density at radius 3 is 2.50 bits per heavy atom. The number of methoxy groups -OCH3 is 1. The summed E-state index contributed by atoms with van der Waals surface area (Å²) >= 11 is 1.31. The van der Waals surface area contributed by atoms with E-state index in [9.17, 15) is 4.79 Å². The van der Waals surface area contributed by atoms with E-state index in [2.05, 4.69) is 15.5 Å². The lowest BCUT2D eigenvalue weighted by atomic mass is 10.1. The van der Waals surface area contributed by atoms with Gasteiger partial charge >= 0.3 is 0 Å². The third-order valence-electron chi connectivity index (χ3n) is 3.46. The van der Waals surface area contributed by atoms with Crippen LogP contribution in [0.1, 0.15) is 15.9 Å². The normalized spacial score (nSPS) is 10.6. The Balaban J connectivity index is 1.69. The van der Waals surface area contributed by atoms with Gasteiger partial charge in [0.15, 0.2) is 5.78 Å². The molecule has 24 heavy (non-hydrogen) atoms. The van der Waals surface area contributed by atoms with Crippen LogP contribution in [0.5, 0.6) is 5.75 Å². The Labute approximate surface area is 143 Å². The van der Waals surface area contributed by atoms with Crippen LogP contribution in [0.15, 0.2) is 53.7 Å². The zero-order valence-electron chi connectivity index (χ0n) is 13.3. The van der Waals surface area contributed by atoms with Crippen molar-refractivity contribution < 1.29 is 9.53 Å². The molecule has 1 aromatic heterocycles. The first kappa shape index (κ1) is 16.2. The number of hydrogen-bond donors (Lipinski definition) is 0. The Kier molecular flexibility index (Phi) is 4.90. The van der Waals surface area contributed by atoms with Gasteiger partial charge in [0.25, 0.3) is 0 Å². The summed E-state index contributed by atoms with van der Waals surface area (Å²) in [4.78, 5) is 12.3. The maximum Gasteiger partial charge on any atom is 0.214 e. The van der Waals surface area contributed by atoms with E-state index in [4.69, 9.17) is 4.74 Å². The van der Waals surface area contributed by atoms with Gasteiger partial charge in [0, 0.05) is 5.56 Å². The highest BCUT2D eigenvalue weighted by molar-refractivity contribution is 7.99. The van der Waals surface area contributed by atoms with Crippen LogP contribution in [0.4, 0.5) is 0 Å². The number of thioether (sulfide) groups is 1. The van der Waals surface area contributed by atoms with Crippen LogP contribution in [-0.2, 0) is 0 Å². The van der Waals surface area contributed by atoms with Crippen molar-refractivity contribution in [3.8, 4) is 11.4 Å². The maximum absolute atomic E-state index is 12.3. The van der Waals surface area contributed by atoms with E-state index in [1.807, 2.05) is 31.2 Å². The Morgan fingerprint density at radius 2 is 1.83 bits per heavy atom. The van der Waals surface area contributed by atoms with Gasteiger partial charge in [-0.05, 0) is 53.7 Å². The molecule has 0 aliphatic heterocycles. The van der Waals surface area contributed by atoms with Crippen molar-refractivity contribution in [1.82, 2.24) is 20.2 Å². The van der Waals surface area contributed by atoms with Gasteiger partial charge in [-0.2, -0.15) is 4.68 Å². The third-order valence-corrected chi connectivity index (χ3v) is 4.38. The number of carbonyl (C=O) groups excluding carboxylic acids is 1. The Hall–Kier alpha value is -2.67. The number of nitrogens with zero attached hydrogens (tertiary/aromatic N) is 4. The zero-order chi connectivity index (χ0) is 16.9. The smallest absolute Gasteiger partial charge is 0.214 e. The lowest BCUT2D eigenvalue weighted by molar-refractivity contribution is 0.102. The van der Waals surface area contributed by atoms with Crippen LogP contribution in [0.2, 0.25) is 0 Å². The summed E-state index contributed by atoms with van der Waals surface area (Å²) in [5, 5.41) is 12.3. The van der Waals surface area contributed by atoms with E-state index in [-0.39, 0.29) is 11.5 Å². The predicted molar refractivity (Wildman–Crippen MR) is 91.9 cm³/mol. The molecule has 122 valence electrons. The number of aryl methyl sites for hydroxylation is 1. The number of ketones is 1. The summed E-state index contributed by atoms with van der Waals surface area (Å²) in [6, 6.07) is 14.9. The highest BCUT2D eigenvalue weighted by atomic mass is 32.2. The van der Waals surface area contributed by atoms with Crippen LogP contribution in [0, 0.1) is 6.92 Å². The Morgan fingerprint density at radius 1 is 1.12 bits per heavy atom. The summed E-state index contributed by atoms with van der Waals surface area (Å²) in [7, 11) is 1.59. The lowest BCUT2D eigenvalue weighted by Crippen LogP contribution is -2.05. The van der Waals surface area contributed by atoms with Crippen molar-refractivity contribution in [2.24, 2.45) is 0 Å². The van der Waals surface area contributed by atoms with Gasteiger partial charge in [-0.15, -0.1) is 5.10 Å². The minimum Gasteiger partial charge on any atom is -0.497 e. The molecular weight excluding hydrogens is 324 g/mol. The summed E-state index contributed by atoms with van der Waals surface area (Å²) in [6.07, 6.45) is 0. The molecule has 0 saturated heterocycles. The molecule has 0 bridgehead atoms. The topological polar surface area (TPSA) is 69.9 Å². The highest BCUT2D eigenvalue weighted by Crippen LogP contribution is 2.20. The van der Waals surface area contributed by atoms with E-state index in [1.54, 1.807) is 36.1 Å². The van der Waals surface area contributed by atoms with Gasteiger partial charge in [0.05, 0.1) is 18.6 Å². The van der Waals surface area contributed by atoms with E-state index in [1.165, 1.54) is 11.8 Å².